The highest BCUT2D eigenvalue weighted by Crippen LogP contribution is 2.25. The summed E-state index contributed by atoms with van der Waals surface area (Å²) in [7, 11) is 0. The monoisotopic (exact) mass is 192 g/mol. The van der Waals surface area contributed by atoms with Gasteiger partial charge in [-0.2, -0.15) is 0 Å². The summed E-state index contributed by atoms with van der Waals surface area (Å²) >= 11 is 0. The maximum absolute atomic E-state index is 11.0. The van der Waals surface area contributed by atoms with E-state index < -0.39 is 0 Å². The molecule has 0 atom stereocenters. The van der Waals surface area contributed by atoms with Crippen molar-refractivity contribution in [3.05, 3.63) is 17.8 Å². The number of ketones is 1. The van der Waals surface area contributed by atoms with Crippen LogP contribution in [0.25, 0.3) is 0 Å². The Labute approximate surface area is 80.1 Å². The molecule has 0 bridgehead atoms. The molecule has 1 aromatic heterocycles. The van der Waals surface area contributed by atoms with Gasteiger partial charge < -0.3 is 10.1 Å². The van der Waals surface area contributed by atoms with Gasteiger partial charge in [-0.25, -0.2) is 9.78 Å². The van der Waals surface area contributed by atoms with Crippen LogP contribution < -0.4 is 10.1 Å². The van der Waals surface area contributed by atoms with Crippen molar-refractivity contribution in [3.63, 3.8) is 0 Å². The van der Waals surface area contributed by atoms with Crippen LogP contribution >= 0.6 is 0 Å². The van der Waals surface area contributed by atoms with Crippen LogP contribution in [0.15, 0.2) is 12.3 Å². The quantitative estimate of drug-likeness (QED) is 0.521. The van der Waals surface area contributed by atoms with Gasteiger partial charge in [-0.1, -0.05) is 0 Å². The van der Waals surface area contributed by atoms with E-state index in [2.05, 4.69) is 10.3 Å². The summed E-state index contributed by atoms with van der Waals surface area (Å²) < 4.78 is 4.84. The molecule has 0 radical (unpaired) electrons. The zero-order valence-corrected chi connectivity index (χ0v) is 7.53. The Morgan fingerprint density at radius 2 is 2.43 bits per heavy atom. The first-order chi connectivity index (χ1) is 6.66. The van der Waals surface area contributed by atoms with Crippen molar-refractivity contribution in [1.29, 1.82) is 0 Å². The van der Waals surface area contributed by atoms with Crippen LogP contribution in [0.5, 0.6) is 5.88 Å². The number of anilines is 1. The molecule has 1 aromatic rings. The fourth-order valence-electron chi connectivity index (χ4n) is 1.16. The van der Waals surface area contributed by atoms with Gasteiger partial charge in [0.15, 0.2) is 5.78 Å². The Balaban J connectivity index is 2.41. The molecule has 0 amide bonds. The lowest BCUT2D eigenvalue weighted by molar-refractivity contribution is -0.133. The highest BCUT2D eigenvalue weighted by atomic mass is 16.5. The molecule has 72 valence electrons. The molecular weight excluding hydrogens is 184 g/mol. The first-order valence-electron chi connectivity index (χ1n) is 4.12. The standard InChI is InChI=1S/C9H8N2O3/c1-5(12)6-2-7-9(11-3-6)14-8(13)4-10-7/h2-3,10H,4H2,1H3. The van der Waals surface area contributed by atoms with Gasteiger partial charge in [-0.3, -0.25) is 4.79 Å². The highest BCUT2D eigenvalue weighted by molar-refractivity contribution is 5.95. The molecule has 5 heteroatoms. The molecule has 5 nitrogen and oxygen atoms in total. The normalized spacial score (nSPS) is 13.9. The Kier molecular flexibility index (Phi) is 1.92. The van der Waals surface area contributed by atoms with Gasteiger partial charge in [0.25, 0.3) is 0 Å². The number of pyridine rings is 1. The van der Waals surface area contributed by atoms with Gasteiger partial charge in [-0.05, 0) is 13.0 Å². The smallest absolute Gasteiger partial charge is 0.332 e. The van der Waals surface area contributed by atoms with Gasteiger partial charge in [-0.15, -0.1) is 0 Å². The van der Waals surface area contributed by atoms with E-state index in [1.807, 2.05) is 0 Å². The molecule has 14 heavy (non-hydrogen) atoms. The predicted molar refractivity (Wildman–Crippen MR) is 48.4 cm³/mol. The predicted octanol–water partition coefficient (Wildman–Crippen LogP) is 0.615. The van der Waals surface area contributed by atoms with Crippen molar-refractivity contribution in [3.8, 4) is 5.88 Å². The number of hydrogen-bond donors (Lipinski definition) is 1. The van der Waals surface area contributed by atoms with Crippen LogP contribution in [-0.4, -0.2) is 23.3 Å². The summed E-state index contributed by atoms with van der Waals surface area (Å²) in [6.45, 7) is 1.56. The van der Waals surface area contributed by atoms with Crippen LogP contribution in [0.1, 0.15) is 17.3 Å². The third kappa shape index (κ3) is 1.44. The van der Waals surface area contributed by atoms with E-state index in [1.165, 1.54) is 13.1 Å². The highest BCUT2D eigenvalue weighted by Gasteiger charge is 2.18. The second kappa shape index (κ2) is 3.10. The van der Waals surface area contributed by atoms with Crippen LogP contribution in [0.2, 0.25) is 0 Å². The number of aromatic nitrogens is 1. The number of hydrogen-bond acceptors (Lipinski definition) is 5. The summed E-state index contributed by atoms with van der Waals surface area (Å²) in [4.78, 5) is 25.7. The van der Waals surface area contributed by atoms with Gasteiger partial charge in [0.05, 0.1) is 5.69 Å². The fourth-order valence-corrected chi connectivity index (χ4v) is 1.16. The lowest BCUT2D eigenvalue weighted by atomic mass is 10.2. The second-order valence-electron chi connectivity index (χ2n) is 2.96. The van der Waals surface area contributed by atoms with E-state index in [4.69, 9.17) is 4.74 Å². The number of esters is 1. The van der Waals surface area contributed by atoms with Crippen molar-refractivity contribution in [2.75, 3.05) is 11.9 Å². The van der Waals surface area contributed by atoms with E-state index in [-0.39, 0.29) is 24.2 Å². The Bertz CT molecular complexity index is 415. The number of carbonyl (C=O) groups is 2. The summed E-state index contributed by atoms with van der Waals surface area (Å²) in [6, 6.07) is 1.62. The molecule has 1 aliphatic rings. The minimum atomic E-state index is -0.374. The summed E-state index contributed by atoms with van der Waals surface area (Å²) in [5.41, 5.74) is 1.08. The molecule has 1 N–H and O–H groups in total. The SMILES string of the molecule is CC(=O)c1cnc2c(c1)NCC(=O)O2. The van der Waals surface area contributed by atoms with E-state index in [0.717, 1.165) is 0 Å². The first-order valence-corrected chi connectivity index (χ1v) is 4.12. The minimum Gasteiger partial charge on any atom is -0.404 e. The zero-order valence-electron chi connectivity index (χ0n) is 7.53. The molecule has 0 spiro atoms. The second-order valence-corrected chi connectivity index (χ2v) is 2.96. The molecule has 0 saturated carbocycles. The molecule has 0 aliphatic carbocycles. The van der Waals surface area contributed by atoms with E-state index in [0.29, 0.717) is 11.3 Å². The maximum atomic E-state index is 11.0. The molecule has 0 fully saturated rings. The molecule has 0 unspecified atom stereocenters. The Morgan fingerprint density at radius 3 is 3.14 bits per heavy atom. The number of ether oxygens (including phenoxy) is 1. The third-order valence-electron chi connectivity index (χ3n) is 1.89. The molecule has 2 heterocycles. The van der Waals surface area contributed by atoms with Gasteiger partial charge >= 0.3 is 5.97 Å². The van der Waals surface area contributed by atoms with Gasteiger partial charge in [0.2, 0.25) is 5.88 Å². The zero-order chi connectivity index (χ0) is 10.1. The number of fused-ring (bicyclic) bond motifs is 1. The minimum absolute atomic E-state index is 0.0704. The number of rotatable bonds is 1. The van der Waals surface area contributed by atoms with Crippen LogP contribution in [0, 0.1) is 0 Å². The lowest BCUT2D eigenvalue weighted by Gasteiger charge is -2.16. The largest absolute Gasteiger partial charge is 0.404 e. The third-order valence-corrected chi connectivity index (χ3v) is 1.89. The average molecular weight is 192 g/mol. The summed E-state index contributed by atoms with van der Waals surface area (Å²) in [5.74, 6) is -0.217. The fraction of sp³-hybridized carbons (Fsp3) is 0.222. The summed E-state index contributed by atoms with van der Waals surface area (Å²) in [6.07, 6.45) is 1.39. The van der Waals surface area contributed by atoms with Crippen molar-refractivity contribution in [1.82, 2.24) is 4.98 Å². The molecular formula is C9H8N2O3. The number of nitrogens with zero attached hydrogens (tertiary/aromatic N) is 1. The Hall–Kier alpha value is -1.91. The van der Waals surface area contributed by atoms with Crippen LogP contribution in [0.3, 0.4) is 0 Å². The van der Waals surface area contributed by atoms with Crippen molar-refractivity contribution in [2.45, 2.75) is 6.92 Å². The van der Waals surface area contributed by atoms with Gasteiger partial charge in [0, 0.05) is 11.8 Å². The topological polar surface area (TPSA) is 68.3 Å². The van der Waals surface area contributed by atoms with Crippen molar-refractivity contribution in [2.24, 2.45) is 0 Å². The van der Waals surface area contributed by atoms with Crippen molar-refractivity contribution < 1.29 is 14.3 Å². The molecule has 1 aliphatic heterocycles. The number of nitrogens with one attached hydrogen (secondary N) is 1. The van der Waals surface area contributed by atoms with Crippen LogP contribution in [-0.2, 0) is 4.79 Å². The average Bonchev–Trinajstić information content (AvgIpc) is 2.16. The van der Waals surface area contributed by atoms with Crippen LogP contribution in [0.4, 0.5) is 5.69 Å². The molecule has 0 saturated heterocycles. The summed E-state index contributed by atoms with van der Waals surface area (Å²) in [5, 5.41) is 2.82. The Morgan fingerprint density at radius 1 is 1.64 bits per heavy atom. The molecule has 0 aromatic carbocycles. The molecule has 2 rings (SSSR count). The van der Waals surface area contributed by atoms with E-state index in [1.54, 1.807) is 6.07 Å². The maximum Gasteiger partial charge on any atom is 0.332 e. The number of carbonyl (C=O) groups excluding carboxylic acids is 2. The first kappa shape index (κ1) is 8.68. The van der Waals surface area contributed by atoms with E-state index >= 15 is 0 Å². The van der Waals surface area contributed by atoms with E-state index in [9.17, 15) is 9.59 Å². The van der Waals surface area contributed by atoms with Crippen molar-refractivity contribution >= 4 is 17.4 Å². The van der Waals surface area contributed by atoms with Gasteiger partial charge in [0.1, 0.15) is 6.54 Å². The number of Topliss-reactive ketones (excluding diaryl/α,β-unsaturated/α-hetero) is 1. The lowest BCUT2D eigenvalue weighted by Crippen LogP contribution is -2.25.